The molecule has 0 saturated carbocycles. The molecule has 5 nitrogen and oxygen atoms in total. The SMILES string of the molecule is O=[N+]([O-])c1ccc(Sc2ccc(O)cc2)c2ncccc12. The summed E-state index contributed by atoms with van der Waals surface area (Å²) >= 11 is 1.45. The summed E-state index contributed by atoms with van der Waals surface area (Å²) in [7, 11) is 0. The van der Waals surface area contributed by atoms with Crippen molar-refractivity contribution in [2.24, 2.45) is 0 Å². The number of rotatable bonds is 3. The van der Waals surface area contributed by atoms with Crippen molar-refractivity contribution in [1.29, 1.82) is 0 Å². The number of phenolic OH excluding ortho intramolecular Hbond substituents is 1. The van der Waals surface area contributed by atoms with Gasteiger partial charge in [0, 0.05) is 22.1 Å². The summed E-state index contributed by atoms with van der Waals surface area (Å²) in [6, 6.07) is 13.3. The van der Waals surface area contributed by atoms with E-state index in [1.807, 2.05) is 0 Å². The van der Waals surface area contributed by atoms with E-state index < -0.39 is 4.92 Å². The molecule has 0 aliphatic heterocycles. The average Bonchev–Trinajstić information content (AvgIpc) is 2.49. The summed E-state index contributed by atoms with van der Waals surface area (Å²) < 4.78 is 0. The lowest BCUT2D eigenvalue weighted by atomic mass is 10.2. The molecule has 0 unspecified atom stereocenters. The molecule has 0 amide bonds. The van der Waals surface area contributed by atoms with E-state index in [9.17, 15) is 15.2 Å². The molecule has 21 heavy (non-hydrogen) atoms. The molecular formula is C15H10N2O3S. The van der Waals surface area contributed by atoms with Gasteiger partial charge in [0.1, 0.15) is 5.75 Å². The molecule has 3 rings (SSSR count). The molecule has 0 atom stereocenters. The molecule has 2 aromatic carbocycles. The van der Waals surface area contributed by atoms with Crippen LogP contribution in [-0.2, 0) is 0 Å². The van der Waals surface area contributed by atoms with Crippen LogP contribution < -0.4 is 0 Å². The van der Waals surface area contributed by atoms with Crippen LogP contribution in [0, 0.1) is 10.1 Å². The number of nitro benzene ring substituents is 1. The van der Waals surface area contributed by atoms with Crippen molar-refractivity contribution in [1.82, 2.24) is 4.98 Å². The van der Waals surface area contributed by atoms with Crippen LogP contribution in [-0.4, -0.2) is 15.0 Å². The molecule has 1 N–H and O–H groups in total. The van der Waals surface area contributed by atoms with Crippen molar-refractivity contribution in [3.63, 3.8) is 0 Å². The molecule has 0 aliphatic carbocycles. The molecule has 0 spiro atoms. The van der Waals surface area contributed by atoms with Crippen LogP contribution in [0.25, 0.3) is 10.9 Å². The monoisotopic (exact) mass is 298 g/mol. The standard InChI is InChI=1S/C15H10N2O3S/c18-10-3-5-11(6-4-10)21-14-8-7-13(17(19)20)12-2-1-9-16-15(12)14/h1-9,18H. The van der Waals surface area contributed by atoms with Gasteiger partial charge in [0.2, 0.25) is 0 Å². The number of phenols is 1. The molecule has 3 aromatic rings. The van der Waals surface area contributed by atoms with E-state index >= 15 is 0 Å². The molecule has 0 saturated heterocycles. The number of fused-ring (bicyclic) bond motifs is 1. The maximum atomic E-state index is 11.1. The summed E-state index contributed by atoms with van der Waals surface area (Å²) in [4.78, 5) is 16.7. The Labute approximate surface area is 124 Å². The molecule has 0 radical (unpaired) electrons. The fourth-order valence-corrected chi connectivity index (χ4v) is 2.94. The van der Waals surface area contributed by atoms with Gasteiger partial charge in [-0.15, -0.1) is 0 Å². The molecule has 1 aromatic heterocycles. The highest BCUT2D eigenvalue weighted by atomic mass is 32.2. The first-order valence-corrected chi connectivity index (χ1v) is 6.96. The van der Waals surface area contributed by atoms with E-state index in [-0.39, 0.29) is 11.4 Å². The maximum Gasteiger partial charge on any atom is 0.278 e. The second kappa shape index (κ2) is 5.41. The molecule has 0 fully saturated rings. The first-order valence-electron chi connectivity index (χ1n) is 6.14. The molecule has 0 bridgehead atoms. The zero-order valence-electron chi connectivity index (χ0n) is 10.8. The van der Waals surface area contributed by atoms with Gasteiger partial charge >= 0.3 is 0 Å². The Balaban J connectivity index is 2.09. The minimum atomic E-state index is -0.404. The van der Waals surface area contributed by atoms with E-state index in [1.54, 1.807) is 48.7 Å². The van der Waals surface area contributed by atoms with Crippen molar-refractivity contribution < 1.29 is 10.0 Å². The number of hydrogen-bond donors (Lipinski definition) is 1. The Bertz CT molecular complexity index is 819. The summed E-state index contributed by atoms with van der Waals surface area (Å²) in [5.41, 5.74) is 0.651. The third-order valence-corrected chi connectivity index (χ3v) is 4.03. The molecule has 104 valence electrons. The van der Waals surface area contributed by atoms with Gasteiger partial charge in [0.05, 0.1) is 15.8 Å². The Morgan fingerprint density at radius 2 is 1.86 bits per heavy atom. The van der Waals surface area contributed by atoms with Crippen molar-refractivity contribution in [2.45, 2.75) is 9.79 Å². The largest absolute Gasteiger partial charge is 0.508 e. The summed E-state index contributed by atoms with van der Waals surface area (Å²) in [6.45, 7) is 0. The van der Waals surface area contributed by atoms with Crippen LogP contribution in [0.1, 0.15) is 0 Å². The van der Waals surface area contributed by atoms with Crippen LogP contribution in [0.5, 0.6) is 5.75 Å². The summed E-state index contributed by atoms with van der Waals surface area (Å²) in [5, 5.41) is 20.9. The fraction of sp³-hybridized carbons (Fsp3) is 0. The summed E-state index contributed by atoms with van der Waals surface area (Å²) in [6.07, 6.45) is 1.62. The Kier molecular flexibility index (Phi) is 3.45. The second-order valence-corrected chi connectivity index (χ2v) is 5.45. The second-order valence-electron chi connectivity index (χ2n) is 4.34. The van der Waals surface area contributed by atoms with Crippen molar-refractivity contribution in [2.75, 3.05) is 0 Å². The first-order chi connectivity index (χ1) is 10.1. The first kappa shape index (κ1) is 13.4. The highest BCUT2D eigenvalue weighted by Crippen LogP contribution is 2.36. The normalized spacial score (nSPS) is 10.7. The minimum Gasteiger partial charge on any atom is -0.508 e. The van der Waals surface area contributed by atoms with Gasteiger partial charge in [-0.05, 0) is 42.5 Å². The number of aromatic hydroxyl groups is 1. The van der Waals surface area contributed by atoms with Gasteiger partial charge in [-0.2, -0.15) is 0 Å². The fourth-order valence-electron chi connectivity index (χ4n) is 2.01. The number of benzene rings is 2. The molecule has 0 aliphatic rings. The van der Waals surface area contributed by atoms with E-state index in [0.29, 0.717) is 10.9 Å². The van der Waals surface area contributed by atoms with Gasteiger partial charge in [0.15, 0.2) is 0 Å². The van der Waals surface area contributed by atoms with E-state index in [2.05, 4.69) is 4.98 Å². The number of hydrogen-bond acceptors (Lipinski definition) is 5. The maximum absolute atomic E-state index is 11.1. The van der Waals surface area contributed by atoms with Crippen molar-refractivity contribution in [3.8, 4) is 5.75 Å². The van der Waals surface area contributed by atoms with Gasteiger partial charge < -0.3 is 5.11 Å². The van der Waals surface area contributed by atoms with E-state index in [4.69, 9.17) is 0 Å². The van der Waals surface area contributed by atoms with Crippen LogP contribution in [0.4, 0.5) is 5.69 Å². The molecular weight excluding hydrogens is 288 g/mol. The van der Waals surface area contributed by atoms with E-state index in [1.165, 1.54) is 17.8 Å². The number of pyridine rings is 1. The van der Waals surface area contributed by atoms with Gasteiger partial charge in [0.25, 0.3) is 5.69 Å². The summed E-state index contributed by atoms with van der Waals surface area (Å²) in [5.74, 6) is 0.200. The van der Waals surface area contributed by atoms with Gasteiger partial charge in [-0.25, -0.2) is 0 Å². The van der Waals surface area contributed by atoms with Crippen molar-refractivity contribution >= 4 is 28.4 Å². The van der Waals surface area contributed by atoms with Crippen LogP contribution >= 0.6 is 11.8 Å². The van der Waals surface area contributed by atoms with Gasteiger partial charge in [-0.3, -0.25) is 15.1 Å². The van der Waals surface area contributed by atoms with Crippen LogP contribution in [0.3, 0.4) is 0 Å². The third kappa shape index (κ3) is 2.66. The third-order valence-electron chi connectivity index (χ3n) is 2.97. The zero-order chi connectivity index (χ0) is 14.8. The van der Waals surface area contributed by atoms with Crippen LogP contribution in [0.15, 0.2) is 64.5 Å². The number of aromatic nitrogens is 1. The highest BCUT2D eigenvalue weighted by Gasteiger charge is 2.15. The average molecular weight is 298 g/mol. The zero-order valence-corrected chi connectivity index (χ0v) is 11.6. The van der Waals surface area contributed by atoms with Crippen molar-refractivity contribution in [3.05, 3.63) is 64.8 Å². The molecule has 6 heteroatoms. The quantitative estimate of drug-likeness (QED) is 0.584. The smallest absolute Gasteiger partial charge is 0.278 e. The number of nitro groups is 1. The minimum absolute atomic E-state index is 0.0492. The number of non-ortho nitro benzene ring substituents is 1. The Hall–Kier alpha value is -2.60. The predicted molar refractivity (Wildman–Crippen MR) is 80.6 cm³/mol. The predicted octanol–water partition coefficient (Wildman–Crippen LogP) is 4.00. The van der Waals surface area contributed by atoms with E-state index in [0.717, 1.165) is 9.79 Å². The lowest BCUT2D eigenvalue weighted by Crippen LogP contribution is -1.91. The van der Waals surface area contributed by atoms with Gasteiger partial charge in [-0.1, -0.05) is 11.8 Å². The Morgan fingerprint density at radius 1 is 1.10 bits per heavy atom. The lowest BCUT2D eigenvalue weighted by Gasteiger charge is -2.06. The molecule has 1 heterocycles. The topological polar surface area (TPSA) is 76.3 Å². The highest BCUT2D eigenvalue weighted by molar-refractivity contribution is 7.99. The Morgan fingerprint density at radius 3 is 2.57 bits per heavy atom. The van der Waals surface area contributed by atoms with Crippen LogP contribution in [0.2, 0.25) is 0 Å². The number of nitrogens with zero attached hydrogens (tertiary/aromatic N) is 2. The lowest BCUT2D eigenvalue weighted by molar-refractivity contribution is -0.383.